The van der Waals surface area contributed by atoms with Crippen LogP contribution in [0, 0.1) is 18.6 Å². The third-order valence-electron chi connectivity index (χ3n) is 3.42. The maximum absolute atomic E-state index is 13.2. The first-order valence-corrected chi connectivity index (χ1v) is 8.57. The molecule has 24 heavy (non-hydrogen) atoms. The number of carbonyl (C=O) groups is 1. The van der Waals surface area contributed by atoms with Gasteiger partial charge >= 0.3 is 0 Å². The van der Waals surface area contributed by atoms with Crippen LogP contribution < -0.4 is 5.32 Å². The van der Waals surface area contributed by atoms with Crippen LogP contribution in [0.15, 0.2) is 30.3 Å². The van der Waals surface area contributed by atoms with E-state index >= 15 is 0 Å². The third kappa shape index (κ3) is 2.53. The van der Waals surface area contributed by atoms with E-state index in [4.69, 9.17) is 0 Å². The molecule has 2 heterocycles. The van der Waals surface area contributed by atoms with Crippen molar-refractivity contribution in [3.63, 3.8) is 0 Å². The summed E-state index contributed by atoms with van der Waals surface area (Å²) < 4.78 is 28.2. The van der Waals surface area contributed by atoms with Crippen LogP contribution in [0.1, 0.15) is 15.4 Å². The van der Waals surface area contributed by atoms with Crippen molar-refractivity contribution in [3.8, 4) is 0 Å². The number of amides is 1. The van der Waals surface area contributed by atoms with E-state index in [0.29, 0.717) is 5.13 Å². The average molecular weight is 361 g/mol. The average Bonchev–Trinajstić information content (AvgIpc) is 3.11. The molecule has 1 N–H and O–H groups in total. The number of anilines is 1. The fourth-order valence-corrected chi connectivity index (χ4v) is 4.35. The molecule has 4 rings (SSSR count). The highest BCUT2D eigenvalue weighted by atomic mass is 32.1. The molecule has 0 bridgehead atoms. The van der Waals surface area contributed by atoms with E-state index in [1.54, 1.807) is 11.3 Å². The molecule has 0 atom stereocenters. The number of fused-ring (bicyclic) bond motifs is 3. The summed E-state index contributed by atoms with van der Waals surface area (Å²) in [4.78, 5) is 21.0. The van der Waals surface area contributed by atoms with Crippen LogP contribution in [0.25, 0.3) is 20.4 Å². The number of nitrogens with one attached hydrogen (secondary N) is 1. The van der Waals surface area contributed by atoms with Gasteiger partial charge in [-0.1, -0.05) is 11.3 Å². The van der Waals surface area contributed by atoms with E-state index in [9.17, 15) is 13.6 Å². The molecule has 2 aromatic carbocycles. The van der Waals surface area contributed by atoms with Crippen LogP contribution in [-0.4, -0.2) is 15.9 Å². The molecule has 0 spiro atoms. The Labute approximate surface area is 142 Å². The molecular formula is C16H9F2N3OS2. The number of aryl methyl sites for hydroxylation is 1. The first kappa shape index (κ1) is 15.1. The van der Waals surface area contributed by atoms with E-state index in [-0.39, 0.29) is 5.56 Å². The molecule has 0 aliphatic rings. The number of hydrogen-bond donors (Lipinski definition) is 1. The Hall–Kier alpha value is -2.45. The van der Waals surface area contributed by atoms with Crippen molar-refractivity contribution in [2.75, 3.05) is 5.32 Å². The van der Waals surface area contributed by atoms with Crippen LogP contribution in [0.5, 0.6) is 0 Å². The highest BCUT2D eigenvalue weighted by molar-refractivity contribution is 7.28. The Morgan fingerprint density at radius 1 is 1.00 bits per heavy atom. The highest BCUT2D eigenvalue weighted by Crippen LogP contribution is 2.35. The molecule has 1 amide bonds. The molecule has 0 fully saturated rings. The first-order chi connectivity index (χ1) is 11.5. The summed E-state index contributed by atoms with van der Waals surface area (Å²) in [6, 6.07) is 6.75. The smallest absolute Gasteiger partial charge is 0.257 e. The van der Waals surface area contributed by atoms with E-state index in [0.717, 1.165) is 37.6 Å². The molecule has 0 saturated heterocycles. The number of thiazole rings is 2. The number of carbonyl (C=O) groups excluding carboxylic acids is 1. The maximum Gasteiger partial charge on any atom is 0.257 e. The Morgan fingerprint density at radius 2 is 1.71 bits per heavy atom. The van der Waals surface area contributed by atoms with Crippen LogP contribution >= 0.6 is 22.7 Å². The quantitative estimate of drug-likeness (QED) is 0.561. The second-order valence-electron chi connectivity index (χ2n) is 5.10. The van der Waals surface area contributed by atoms with Crippen LogP contribution in [0.2, 0.25) is 0 Å². The summed E-state index contributed by atoms with van der Waals surface area (Å²) in [5.41, 5.74) is 1.69. The lowest BCUT2D eigenvalue weighted by Crippen LogP contribution is -2.12. The normalized spacial score (nSPS) is 11.3. The number of hydrogen-bond acceptors (Lipinski definition) is 5. The highest BCUT2D eigenvalue weighted by Gasteiger charge is 2.14. The predicted octanol–water partition coefficient (Wildman–Crippen LogP) is 4.74. The van der Waals surface area contributed by atoms with E-state index < -0.39 is 17.5 Å². The Bertz CT molecular complexity index is 1100. The molecule has 0 unspecified atom stereocenters. The lowest BCUT2D eigenvalue weighted by atomic mass is 10.2. The van der Waals surface area contributed by atoms with E-state index in [1.807, 2.05) is 19.1 Å². The van der Waals surface area contributed by atoms with Gasteiger partial charge in [-0.25, -0.2) is 18.7 Å². The summed E-state index contributed by atoms with van der Waals surface area (Å²) in [7, 11) is 0. The molecule has 2 aromatic heterocycles. The SMILES string of the molecule is Cc1nc2ccc3nc(NC(=O)c4ccc(F)c(F)c4)sc3c2s1. The summed E-state index contributed by atoms with van der Waals surface area (Å²) in [5.74, 6) is -2.59. The van der Waals surface area contributed by atoms with Crippen molar-refractivity contribution in [1.29, 1.82) is 0 Å². The van der Waals surface area contributed by atoms with Gasteiger partial charge in [-0.05, 0) is 37.3 Å². The Morgan fingerprint density at radius 3 is 2.46 bits per heavy atom. The van der Waals surface area contributed by atoms with Crippen LogP contribution in [-0.2, 0) is 0 Å². The number of nitrogens with zero attached hydrogens (tertiary/aromatic N) is 2. The van der Waals surface area contributed by atoms with Crippen molar-refractivity contribution in [3.05, 3.63) is 52.5 Å². The zero-order chi connectivity index (χ0) is 16.8. The van der Waals surface area contributed by atoms with Crippen molar-refractivity contribution in [1.82, 2.24) is 9.97 Å². The van der Waals surface area contributed by atoms with Gasteiger partial charge in [0, 0.05) is 5.56 Å². The van der Waals surface area contributed by atoms with Gasteiger partial charge in [-0.3, -0.25) is 10.1 Å². The summed E-state index contributed by atoms with van der Waals surface area (Å²) in [6.07, 6.45) is 0. The van der Waals surface area contributed by atoms with Gasteiger partial charge in [-0.15, -0.1) is 11.3 Å². The Balaban J connectivity index is 1.70. The van der Waals surface area contributed by atoms with Crippen molar-refractivity contribution < 1.29 is 13.6 Å². The zero-order valence-corrected chi connectivity index (χ0v) is 13.9. The van der Waals surface area contributed by atoms with Gasteiger partial charge < -0.3 is 0 Å². The monoisotopic (exact) mass is 361 g/mol. The molecule has 8 heteroatoms. The minimum atomic E-state index is -1.06. The number of halogens is 2. The fourth-order valence-electron chi connectivity index (χ4n) is 2.34. The van der Waals surface area contributed by atoms with E-state index in [1.165, 1.54) is 17.4 Å². The first-order valence-electron chi connectivity index (χ1n) is 6.94. The topological polar surface area (TPSA) is 54.9 Å². The molecule has 4 aromatic rings. The van der Waals surface area contributed by atoms with Crippen LogP contribution in [0.3, 0.4) is 0 Å². The van der Waals surface area contributed by atoms with Gasteiger partial charge in [0.25, 0.3) is 5.91 Å². The molecule has 4 nitrogen and oxygen atoms in total. The molecule has 0 radical (unpaired) electrons. The van der Waals surface area contributed by atoms with E-state index in [2.05, 4.69) is 15.3 Å². The second-order valence-corrected chi connectivity index (χ2v) is 7.30. The van der Waals surface area contributed by atoms with Crippen molar-refractivity contribution >= 4 is 54.1 Å². The van der Waals surface area contributed by atoms with Gasteiger partial charge in [0.05, 0.1) is 25.4 Å². The van der Waals surface area contributed by atoms with Crippen molar-refractivity contribution in [2.24, 2.45) is 0 Å². The fraction of sp³-hybridized carbons (Fsp3) is 0.0625. The summed E-state index contributed by atoms with van der Waals surface area (Å²) in [6.45, 7) is 1.93. The third-order valence-corrected chi connectivity index (χ3v) is 5.56. The second kappa shape index (κ2) is 5.57. The van der Waals surface area contributed by atoms with Crippen LogP contribution in [0.4, 0.5) is 13.9 Å². The molecule has 0 aliphatic carbocycles. The van der Waals surface area contributed by atoms with Gasteiger partial charge in [0.2, 0.25) is 0 Å². The molecule has 0 aliphatic heterocycles. The van der Waals surface area contributed by atoms with Gasteiger partial charge in [-0.2, -0.15) is 0 Å². The number of rotatable bonds is 2. The number of aromatic nitrogens is 2. The lowest BCUT2D eigenvalue weighted by Gasteiger charge is -2.01. The standard InChI is InChI=1S/C16H9F2N3OS2/c1-7-19-11-4-5-12-14(13(11)23-7)24-16(20-12)21-15(22)8-2-3-9(17)10(18)6-8/h2-6H,1H3,(H,20,21,22). The minimum absolute atomic E-state index is 0.0342. The van der Waals surface area contributed by atoms with Gasteiger partial charge in [0.15, 0.2) is 16.8 Å². The molecule has 0 saturated carbocycles. The maximum atomic E-state index is 13.2. The molecular weight excluding hydrogens is 352 g/mol. The lowest BCUT2D eigenvalue weighted by molar-refractivity contribution is 0.102. The zero-order valence-electron chi connectivity index (χ0n) is 12.3. The number of benzene rings is 2. The largest absolute Gasteiger partial charge is 0.298 e. The van der Waals surface area contributed by atoms with Gasteiger partial charge in [0.1, 0.15) is 0 Å². The molecule has 120 valence electrons. The minimum Gasteiger partial charge on any atom is -0.298 e. The predicted molar refractivity (Wildman–Crippen MR) is 91.8 cm³/mol. The van der Waals surface area contributed by atoms with Crippen molar-refractivity contribution in [2.45, 2.75) is 6.92 Å². The summed E-state index contributed by atoms with van der Waals surface area (Å²) >= 11 is 2.90. The summed E-state index contributed by atoms with van der Waals surface area (Å²) in [5, 5.41) is 3.99. The Kier molecular flexibility index (Phi) is 3.50.